The fourth-order valence-electron chi connectivity index (χ4n) is 1.32. The molecule has 0 spiro atoms. The van der Waals surface area contributed by atoms with Crippen LogP contribution >= 0.6 is 12.2 Å². The molecule has 3 N–H and O–H groups in total. The fourth-order valence-corrected chi connectivity index (χ4v) is 1.47. The Morgan fingerprint density at radius 3 is 2.53 bits per heavy atom. The van der Waals surface area contributed by atoms with Crippen LogP contribution in [0.4, 0.5) is 5.95 Å². The van der Waals surface area contributed by atoms with Crippen LogP contribution in [0.15, 0.2) is 6.07 Å². The number of nitrogens with zero attached hydrogens (tertiary/aromatic N) is 2. The first-order valence-corrected chi connectivity index (χ1v) is 6.14. The molecule has 0 saturated carbocycles. The SMILES string of the molecule is CCCCNC(=S)NNc1nc(C)cc(C)n1. The van der Waals surface area contributed by atoms with Gasteiger partial charge in [-0.2, -0.15) is 0 Å². The average Bonchev–Trinajstić information content (AvgIpc) is 2.25. The van der Waals surface area contributed by atoms with Gasteiger partial charge in [0.2, 0.25) is 5.95 Å². The maximum absolute atomic E-state index is 5.09. The van der Waals surface area contributed by atoms with E-state index in [9.17, 15) is 0 Å². The fraction of sp³-hybridized carbons (Fsp3) is 0.545. The standard InChI is InChI=1S/C11H19N5S/c1-4-5-6-12-11(17)16-15-10-13-8(2)7-9(3)14-10/h7H,4-6H2,1-3H3,(H2,12,16,17)(H,13,14,15). The van der Waals surface area contributed by atoms with Gasteiger partial charge in [0.25, 0.3) is 0 Å². The van der Waals surface area contributed by atoms with Crippen molar-refractivity contribution in [3.63, 3.8) is 0 Å². The van der Waals surface area contributed by atoms with Gasteiger partial charge in [0.15, 0.2) is 5.11 Å². The van der Waals surface area contributed by atoms with E-state index in [4.69, 9.17) is 12.2 Å². The van der Waals surface area contributed by atoms with Crippen molar-refractivity contribution in [2.75, 3.05) is 12.0 Å². The summed E-state index contributed by atoms with van der Waals surface area (Å²) in [5, 5.41) is 3.64. The number of anilines is 1. The second kappa shape index (κ2) is 7.01. The molecule has 94 valence electrons. The maximum Gasteiger partial charge on any atom is 0.242 e. The summed E-state index contributed by atoms with van der Waals surface area (Å²) in [6, 6.07) is 1.92. The first kappa shape index (κ1) is 13.6. The summed E-state index contributed by atoms with van der Waals surface area (Å²) in [6.45, 7) is 6.87. The number of unbranched alkanes of at least 4 members (excludes halogenated alkanes) is 1. The van der Waals surface area contributed by atoms with Crippen molar-refractivity contribution in [1.82, 2.24) is 20.7 Å². The number of aryl methyl sites for hydroxylation is 2. The Kier molecular flexibility index (Phi) is 5.62. The van der Waals surface area contributed by atoms with Crippen molar-refractivity contribution in [1.29, 1.82) is 0 Å². The van der Waals surface area contributed by atoms with Crippen LogP contribution in [0.5, 0.6) is 0 Å². The summed E-state index contributed by atoms with van der Waals surface area (Å²) in [6.07, 6.45) is 2.24. The molecule has 0 amide bonds. The van der Waals surface area contributed by atoms with Gasteiger partial charge >= 0.3 is 0 Å². The number of aromatic nitrogens is 2. The van der Waals surface area contributed by atoms with Crippen molar-refractivity contribution in [3.8, 4) is 0 Å². The minimum absolute atomic E-state index is 0.530. The van der Waals surface area contributed by atoms with Crippen LogP contribution in [0.3, 0.4) is 0 Å². The summed E-state index contributed by atoms with van der Waals surface area (Å²) < 4.78 is 0. The molecule has 17 heavy (non-hydrogen) atoms. The van der Waals surface area contributed by atoms with Crippen LogP contribution in [0.25, 0.3) is 0 Å². The lowest BCUT2D eigenvalue weighted by atomic mass is 10.3. The maximum atomic E-state index is 5.09. The zero-order chi connectivity index (χ0) is 12.7. The van der Waals surface area contributed by atoms with Crippen molar-refractivity contribution in [3.05, 3.63) is 17.5 Å². The zero-order valence-electron chi connectivity index (χ0n) is 10.5. The van der Waals surface area contributed by atoms with E-state index in [1.807, 2.05) is 19.9 Å². The van der Waals surface area contributed by atoms with Gasteiger partial charge in [0.1, 0.15) is 0 Å². The van der Waals surface area contributed by atoms with E-state index < -0.39 is 0 Å². The van der Waals surface area contributed by atoms with E-state index in [2.05, 4.69) is 33.1 Å². The van der Waals surface area contributed by atoms with E-state index >= 15 is 0 Å². The van der Waals surface area contributed by atoms with Gasteiger partial charge in [0, 0.05) is 17.9 Å². The van der Waals surface area contributed by atoms with E-state index in [0.717, 1.165) is 30.8 Å². The first-order valence-electron chi connectivity index (χ1n) is 5.74. The van der Waals surface area contributed by atoms with Crippen molar-refractivity contribution in [2.45, 2.75) is 33.6 Å². The number of nitrogens with one attached hydrogen (secondary N) is 3. The van der Waals surface area contributed by atoms with Gasteiger partial charge in [0.05, 0.1) is 0 Å². The summed E-state index contributed by atoms with van der Waals surface area (Å²) in [7, 11) is 0. The Bertz CT molecular complexity index is 360. The normalized spacial score (nSPS) is 9.82. The van der Waals surface area contributed by atoms with E-state index in [-0.39, 0.29) is 0 Å². The minimum atomic E-state index is 0.530. The van der Waals surface area contributed by atoms with E-state index in [1.54, 1.807) is 0 Å². The van der Waals surface area contributed by atoms with Crippen molar-refractivity contribution >= 4 is 23.3 Å². The summed E-state index contributed by atoms with van der Waals surface area (Å²) in [5.41, 5.74) is 7.58. The van der Waals surface area contributed by atoms with Crippen molar-refractivity contribution in [2.24, 2.45) is 0 Å². The molecule has 0 atom stereocenters. The quantitative estimate of drug-likeness (QED) is 0.422. The molecular formula is C11H19N5S. The molecule has 0 aliphatic rings. The number of thiocarbonyl (C=S) groups is 1. The predicted molar refractivity (Wildman–Crippen MR) is 73.8 cm³/mol. The highest BCUT2D eigenvalue weighted by atomic mass is 32.1. The first-order chi connectivity index (χ1) is 8.11. The molecular weight excluding hydrogens is 234 g/mol. The summed E-state index contributed by atoms with van der Waals surface area (Å²) in [4.78, 5) is 8.46. The molecule has 0 aliphatic heterocycles. The van der Waals surface area contributed by atoms with Gasteiger partial charge in [-0.3, -0.25) is 10.9 Å². The van der Waals surface area contributed by atoms with Crippen LogP contribution in [-0.4, -0.2) is 21.6 Å². The Labute approximate surface area is 107 Å². The number of hydrogen-bond acceptors (Lipinski definition) is 4. The second-order valence-corrected chi connectivity index (χ2v) is 4.24. The molecule has 0 radical (unpaired) electrons. The smallest absolute Gasteiger partial charge is 0.242 e. The zero-order valence-corrected chi connectivity index (χ0v) is 11.3. The van der Waals surface area contributed by atoms with Gasteiger partial charge in [-0.1, -0.05) is 13.3 Å². The molecule has 1 aromatic rings. The topological polar surface area (TPSA) is 61.9 Å². The molecule has 0 bridgehead atoms. The molecule has 1 rings (SSSR count). The Hall–Kier alpha value is -1.43. The molecule has 0 fully saturated rings. The third kappa shape index (κ3) is 5.44. The van der Waals surface area contributed by atoms with Gasteiger partial charge < -0.3 is 5.32 Å². The number of rotatable bonds is 5. The highest BCUT2D eigenvalue weighted by Gasteiger charge is 1.99. The second-order valence-electron chi connectivity index (χ2n) is 3.83. The van der Waals surface area contributed by atoms with Crippen LogP contribution in [-0.2, 0) is 0 Å². The largest absolute Gasteiger partial charge is 0.361 e. The highest BCUT2D eigenvalue weighted by molar-refractivity contribution is 7.80. The molecule has 0 unspecified atom stereocenters. The average molecular weight is 253 g/mol. The lowest BCUT2D eigenvalue weighted by Gasteiger charge is -2.11. The third-order valence-electron chi connectivity index (χ3n) is 2.09. The van der Waals surface area contributed by atoms with E-state index in [1.165, 1.54) is 0 Å². The molecule has 0 aliphatic carbocycles. The predicted octanol–water partition coefficient (Wildman–Crippen LogP) is 1.68. The summed E-state index contributed by atoms with van der Waals surface area (Å²) >= 11 is 5.09. The van der Waals surface area contributed by atoms with Crippen LogP contribution in [0.1, 0.15) is 31.2 Å². The molecule has 1 aromatic heterocycles. The third-order valence-corrected chi connectivity index (χ3v) is 2.33. The van der Waals surface area contributed by atoms with Crippen molar-refractivity contribution < 1.29 is 0 Å². The van der Waals surface area contributed by atoms with E-state index in [0.29, 0.717) is 11.1 Å². The number of hydrogen-bond donors (Lipinski definition) is 3. The Morgan fingerprint density at radius 1 is 1.29 bits per heavy atom. The molecule has 0 aromatic carbocycles. The monoisotopic (exact) mass is 253 g/mol. The number of hydrazine groups is 1. The van der Waals surface area contributed by atoms with Gasteiger partial charge in [-0.15, -0.1) is 0 Å². The Balaban J connectivity index is 2.36. The highest BCUT2D eigenvalue weighted by Crippen LogP contribution is 2.01. The summed E-state index contributed by atoms with van der Waals surface area (Å²) in [5.74, 6) is 0.530. The molecule has 5 nitrogen and oxygen atoms in total. The van der Waals surface area contributed by atoms with Crippen LogP contribution in [0, 0.1) is 13.8 Å². The lowest BCUT2D eigenvalue weighted by molar-refractivity contribution is 0.747. The molecule has 6 heteroatoms. The van der Waals surface area contributed by atoms with Gasteiger partial charge in [-0.25, -0.2) is 9.97 Å². The Morgan fingerprint density at radius 2 is 1.94 bits per heavy atom. The lowest BCUT2D eigenvalue weighted by Crippen LogP contribution is -2.39. The van der Waals surface area contributed by atoms with Crippen LogP contribution in [0.2, 0.25) is 0 Å². The van der Waals surface area contributed by atoms with Crippen LogP contribution < -0.4 is 16.2 Å². The minimum Gasteiger partial charge on any atom is -0.361 e. The van der Waals surface area contributed by atoms with Gasteiger partial charge in [-0.05, 0) is 38.6 Å². The molecule has 0 saturated heterocycles. The molecule has 1 heterocycles.